The quantitative estimate of drug-likeness (QED) is 0.878. The molecule has 3 heteroatoms. The summed E-state index contributed by atoms with van der Waals surface area (Å²) >= 11 is 0. The van der Waals surface area contributed by atoms with Crippen LogP contribution >= 0.6 is 0 Å². The second-order valence-corrected chi connectivity index (χ2v) is 5.73. The van der Waals surface area contributed by atoms with Gasteiger partial charge < -0.3 is 15.2 Å². The van der Waals surface area contributed by atoms with E-state index in [1.54, 1.807) is 7.11 Å². The zero-order valence-corrected chi connectivity index (χ0v) is 11.9. The monoisotopic (exact) mass is 271 g/mol. The van der Waals surface area contributed by atoms with Crippen molar-refractivity contribution in [3.8, 4) is 5.75 Å². The van der Waals surface area contributed by atoms with Gasteiger partial charge in [-0.05, 0) is 53.8 Å². The van der Waals surface area contributed by atoms with Crippen molar-refractivity contribution in [3.63, 3.8) is 0 Å². The molecule has 3 rings (SSSR count). The maximum atomic E-state index is 10.0. The Morgan fingerprint density at radius 3 is 2.60 bits per heavy atom. The lowest BCUT2D eigenvalue weighted by Gasteiger charge is -2.36. The summed E-state index contributed by atoms with van der Waals surface area (Å²) in [7, 11) is 1.69. The van der Waals surface area contributed by atoms with Crippen LogP contribution in [0.15, 0.2) is 36.4 Å². The Bertz CT molecular complexity index is 605. The Hall–Kier alpha value is -1.58. The zero-order valence-electron chi connectivity index (χ0n) is 11.9. The van der Waals surface area contributed by atoms with Crippen molar-refractivity contribution < 1.29 is 9.84 Å². The number of methoxy groups -OCH3 is 1. The molecule has 106 valence electrons. The Balaban J connectivity index is 1.66. The first-order valence-corrected chi connectivity index (χ1v) is 7.18. The van der Waals surface area contributed by atoms with Crippen LogP contribution in [0.5, 0.6) is 5.75 Å². The van der Waals surface area contributed by atoms with Crippen LogP contribution in [0.2, 0.25) is 0 Å². The van der Waals surface area contributed by atoms with Gasteiger partial charge in [-0.1, -0.05) is 18.2 Å². The molecule has 2 aromatic rings. The lowest BCUT2D eigenvalue weighted by atomic mass is 9.80. The topological polar surface area (TPSA) is 41.5 Å². The zero-order chi connectivity index (χ0) is 14.0. The van der Waals surface area contributed by atoms with Crippen LogP contribution < -0.4 is 10.1 Å². The number of hydrogen-bond donors (Lipinski definition) is 2. The molecule has 0 amide bonds. The summed E-state index contributed by atoms with van der Waals surface area (Å²) in [5, 5.41) is 15.8. The van der Waals surface area contributed by atoms with Crippen LogP contribution in [0.4, 0.5) is 0 Å². The second-order valence-electron chi connectivity index (χ2n) is 5.73. The molecule has 0 spiro atoms. The molecule has 20 heavy (non-hydrogen) atoms. The minimum absolute atomic E-state index is 0.454. The van der Waals surface area contributed by atoms with Gasteiger partial charge in [0.2, 0.25) is 0 Å². The molecule has 1 fully saturated rings. The number of fused-ring (bicyclic) bond motifs is 1. The van der Waals surface area contributed by atoms with E-state index in [0.29, 0.717) is 6.54 Å². The summed E-state index contributed by atoms with van der Waals surface area (Å²) in [5.41, 5.74) is 0.787. The normalized spacial score (nSPS) is 16.9. The predicted octanol–water partition coefficient (Wildman–Crippen LogP) is 2.85. The highest BCUT2D eigenvalue weighted by Gasteiger charge is 2.33. The van der Waals surface area contributed by atoms with Gasteiger partial charge in [-0.25, -0.2) is 0 Å². The minimum Gasteiger partial charge on any atom is -0.497 e. The number of nitrogens with one attached hydrogen (secondary N) is 1. The van der Waals surface area contributed by atoms with Crippen molar-refractivity contribution >= 4 is 10.8 Å². The smallest absolute Gasteiger partial charge is 0.119 e. The lowest BCUT2D eigenvalue weighted by Crippen LogP contribution is -2.45. The van der Waals surface area contributed by atoms with Crippen LogP contribution in [0.3, 0.4) is 0 Å². The van der Waals surface area contributed by atoms with E-state index in [1.165, 1.54) is 16.3 Å². The van der Waals surface area contributed by atoms with Crippen LogP contribution in [-0.2, 0) is 6.54 Å². The fourth-order valence-electron chi connectivity index (χ4n) is 2.71. The average molecular weight is 271 g/mol. The molecular weight excluding hydrogens is 250 g/mol. The SMILES string of the molecule is COc1ccc2cc(CNCC3(O)CCC3)ccc2c1. The van der Waals surface area contributed by atoms with E-state index in [1.807, 2.05) is 12.1 Å². The maximum absolute atomic E-state index is 10.0. The van der Waals surface area contributed by atoms with E-state index >= 15 is 0 Å². The van der Waals surface area contributed by atoms with Gasteiger partial charge in [0.1, 0.15) is 5.75 Å². The van der Waals surface area contributed by atoms with Gasteiger partial charge in [-0.2, -0.15) is 0 Å². The van der Waals surface area contributed by atoms with Crippen LogP contribution in [0, 0.1) is 0 Å². The highest BCUT2D eigenvalue weighted by molar-refractivity contribution is 5.84. The highest BCUT2D eigenvalue weighted by Crippen LogP contribution is 2.30. The number of benzene rings is 2. The van der Waals surface area contributed by atoms with Crippen molar-refractivity contribution in [2.24, 2.45) is 0 Å². The van der Waals surface area contributed by atoms with Gasteiger partial charge >= 0.3 is 0 Å². The highest BCUT2D eigenvalue weighted by atomic mass is 16.5. The summed E-state index contributed by atoms with van der Waals surface area (Å²) in [4.78, 5) is 0. The molecule has 2 aromatic carbocycles. The van der Waals surface area contributed by atoms with E-state index < -0.39 is 5.60 Å². The standard InChI is InChI=1S/C17H21NO2/c1-20-16-6-5-14-9-13(3-4-15(14)10-16)11-18-12-17(19)7-2-8-17/h3-6,9-10,18-19H,2,7-8,11-12H2,1H3. The third kappa shape index (κ3) is 2.79. The summed E-state index contributed by atoms with van der Waals surface area (Å²) in [6.45, 7) is 1.48. The molecular formula is C17H21NO2. The van der Waals surface area contributed by atoms with Gasteiger partial charge in [0.25, 0.3) is 0 Å². The van der Waals surface area contributed by atoms with Crippen LogP contribution in [0.25, 0.3) is 10.8 Å². The van der Waals surface area contributed by atoms with Crippen molar-refractivity contribution in [2.75, 3.05) is 13.7 Å². The Kier molecular flexibility index (Phi) is 3.64. The average Bonchev–Trinajstić information content (AvgIpc) is 2.45. The fourth-order valence-corrected chi connectivity index (χ4v) is 2.71. The molecule has 3 nitrogen and oxygen atoms in total. The summed E-state index contributed by atoms with van der Waals surface area (Å²) in [5.74, 6) is 0.885. The molecule has 1 saturated carbocycles. The predicted molar refractivity (Wildman–Crippen MR) is 81.0 cm³/mol. The largest absolute Gasteiger partial charge is 0.497 e. The molecule has 0 bridgehead atoms. The van der Waals surface area contributed by atoms with Crippen LogP contribution in [0.1, 0.15) is 24.8 Å². The van der Waals surface area contributed by atoms with Crippen molar-refractivity contribution in [1.82, 2.24) is 5.32 Å². The first-order valence-electron chi connectivity index (χ1n) is 7.18. The number of rotatable bonds is 5. The molecule has 0 saturated heterocycles. The number of ether oxygens (including phenoxy) is 1. The van der Waals surface area contributed by atoms with Gasteiger partial charge in [-0.15, -0.1) is 0 Å². The lowest BCUT2D eigenvalue weighted by molar-refractivity contribution is -0.0314. The first-order chi connectivity index (χ1) is 9.68. The molecule has 0 unspecified atom stereocenters. The molecule has 0 heterocycles. The van der Waals surface area contributed by atoms with Crippen molar-refractivity contribution in [2.45, 2.75) is 31.4 Å². The molecule has 1 aliphatic rings. The molecule has 2 N–H and O–H groups in total. The van der Waals surface area contributed by atoms with Gasteiger partial charge in [0.15, 0.2) is 0 Å². The first kappa shape index (κ1) is 13.4. The van der Waals surface area contributed by atoms with Gasteiger partial charge in [-0.3, -0.25) is 0 Å². The molecule has 0 aromatic heterocycles. The Morgan fingerprint density at radius 1 is 1.15 bits per heavy atom. The van der Waals surface area contributed by atoms with Gasteiger partial charge in [0, 0.05) is 13.1 Å². The third-order valence-electron chi connectivity index (χ3n) is 4.18. The minimum atomic E-state index is -0.454. The maximum Gasteiger partial charge on any atom is 0.119 e. The number of hydrogen-bond acceptors (Lipinski definition) is 3. The molecule has 1 aliphatic carbocycles. The number of aliphatic hydroxyl groups is 1. The Labute approximate surface area is 119 Å². The Morgan fingerprint density at radius 2 is 1.90 bits per heavy atom. The molecule has 0 aliphatic heterocycles. The van der Waals surface area contributed by atoms with E-state index in [2.05, 4.69) is 29.6 Å². The fraction of sp³-hybridized carbons (Fsp3) is 0.412. The van der Waals surface area contributed by atoms with Gasteiger partial charge in [0.05, 0.1) is 12.7 Å². The summed E-state index contributed by atoms with van der Waals surface area (Å²) in [6, 6.07) is 12.5. The van der Waals surface area contributed by atoms with E-state index in [0.717, 1.165) is 31.6 Å². The van der Waals surface area contributed by atoms with Crippen molar-refractivity contribution in [1.29, 1.82) is 0 Å². The van der Waals surface area contributed by atoms with Crippen LogP contribution in [-0.4, -0.2) is 24.4 Å². The third-order valence-corrected chi connectivity index (χ3v) is 4.18. The van der Waals surface area contributed by atoms with E-state index in [9.17, 15) is 5.11 Å². The van der Waals surface area contributed by atoms with E-state index in [4.69, 9.17) is 4.74 Å². The summed E-state index contributed by atoms with van der Waals surface area (Å²) < 4.78 is 5.23. The molecule has 0 atom stereocenters. The van der Waals surface area contributed by atoms with E-state index in [-0.39, 0.29) is 0 Å². The summed E-state index contributed by atoms with van der Waals surface area (Å²) in [6.07, 6.45) is 3.00. The van der Waals surface area contributed by atoms with Crippen molar-refractivity contribution in [3.05, 3.63) is 42.0 Å². The molecule has 0 radical (unpaired) electrons. The second kappa shape index (κ2) is 5.43.